The number of thioether (sulfide) groups is 1. The number of hydrogen-bond donors (Lipinski definition) is 1. The molecule has 0 amide bonds. The van der Waals surface area contributed by atoms with Crippen molar-refractivity contribution in [1.82, 2.24) is 4.98 Å². The number of hydrogen-bond acceptors (Lipinski definition) is 4. The summed E-state index contributed by atoms with van der Waals surface area (Å²) >= 11 is 7.17. The molecule has 1 heterocycles. The third-order valence-corrected chi connectivity index (χ3v) is 6.01. The molecule has 1 atom stereocenters. The Bertz CT molecular complexity index is 583. The van der Waals surface area contributed by atoms with Crippen LogP contribution < -0.4 is 5.73 Å². The molecule has 0 fully saturated rings. The van der Waals surface area contributed by atoms with Gasteiger partial charge in [-0.25, -0.2) is 4.98 Å². The van der Waals surface area contributed by atoms with Gasteiger partial charge in [-0.3, -0.25) is 0 Å². The maximum atomic E-state index is 6.12. The molecular weight excluding hydrogens is 340 g/mol. The van der Waals surface area contributed by atoms with E-state index in [1.165, 1.54) is 21.2 Å². The van der Waals surface area contributed by atoms with Gasteiger partial charge in [0.25, 0.3) is 0 Å². The van der Waals surface area contributed by atoms with Crippen LogP contribution in [-0.2, 0) is 12.2 Å². The lowest BCUT2D eigenvalue weighted by molar-refractivity contribution is 0.563. The van der Waals surface area contributed by atoms with Gasteiger partial charge < -0.3 is 5.73 Å². The molecule has 0 aliphatic heterocycles. The lowest BCUT2D eigenvalue weighted by atomic mass is 9.99. The van der Waals surface area contributed by atoms with Crippen LogP contribution in [0.4, 0.5) is 0 Å². The van der Waals surface area contributed by atoms with Crippen molar-refractivity contribution in [1.29, 1.82) is 0 Å². The maximum Gasteiger partial charge on any atom is 0.103 e. The summed E-state index contributed by atoms with van der Waals surface area (Å²) in [6.07, 6.45) is 3.44. The molecule has 0 spiro atoms. The lowest BCUT2D eigenvalue weighted by Gasteiger charge is -2.15. The highest BCUT2D eigenvalue weighted by atomic mass is 79.9. The van der Waals surface area contributed by atoms with Crippen molar-refractivity contribution in [3.63, 3.8) is 0 Å². The van der Waals surface area contributed by atoms with Crippen molar-refractivity contribution in [3.05, 3.63) is 44.3 Å². The molecule has 0 saturated carbocycles. The Balaban J connectivity index is 1.71. The molecule has 2 aromatic rings. The molecule has 100 valence electrons. The van der Waals surface area contributed by atoms with Crippen LogP contribution in [0.15, 0.2) is 33.6 Å². The molecule has 3 rings (SSSR count). The Hall–Kier alpha value is -0.360. The Morgan fingerprint density at radius 1 is 1.47 bits per heavy atom. The second-order valence-corrected chi connectivity index (χ2v) is 7.79. The summed E-state index contributed by atoms with van der Waals surface area (Å²) in [5.74, 6) is 0.931. The first-order valence-corrected chi connectivity index (χ1v) is 8.94. The average Bonchev–Trinajstić information content (AvgIpc) is 2.81. The zero-order chi connectivity index (χ0) is 13.2. The first kappa shape index (κ1) is 13.6. The van der Waals surface area contributed by atoms with Gasteiger partial charge in [-0.1, -0.05) is 22.0 Å². The Kier molecular flexibility index (Phi) is 4.27. The van der Waals surface area contributed by atoms with Crippen LogP contribution in [-0.4, -0.2) is 4.98 Å². The molecule has 1 unspecified atom stereocenters. The van der Waals surface area contributed by atoms with Crippen LogP contribution >= 0.6 is 39.0 Å². The first-order valence-electron chi connectivity index (χ1n) is 6.35. The summed E-state index contributed by atoms with van der Waals surface area (Å²) in [6.45, 7) is 0. The van der Waals surface area contributed by atoms with Gasteiger partial charge in [0.2, 0.25) is 0 Å². The normalized spacial score (nSPS) is 18.3. The molecular formula is C14H15BrN2S2. The van der Waals surface area contributed by atoms with E-state index in [1.807, 2.05) is 29.2 Å². The van der Waals surface area contributed by atoms with Gasteiger partial charge in [0.15, 0.2) is 0 Å². The second kappa shape index (κ2) is 5.95. The van der Waals surface area contributed by atoms with Gasteiger partial charge in [0.1, 0.15) is 5.01 Å². The Morgan fingerprint density at radius 3 is 3.16 bits per heavy atom. The fourth-order valence-electron chi connectivity index (χ4n) is 2.27. The SMILES string of the molecule is NC1CCCc2sc(CSc3cccc(Br)c3)nc21. The lowest BCUT2D eigenvalue weighted by Crippen LogP contribution is -2.16. The van der Waals surface area contributed by atoms with E-state index in [1.54, 1.807) is 0 Å². The van der Waals surface area contributed by atoms with Crippen molar-refractivity contribution in [2.24, 2.45) is 5.73 Å². The highest BCUT2D eigenvalue weighted by Gasteiger charge is 2.21. The predicted molar refractivity (Wildman–Crippen MR) is 85.7 cm³/mol. The summed E-state index contributed by atoms with van der Waals surface area (Å²) < 4.78 is 1.12. The van der Waals surface area contributed by atoms with Crippen LogP contribution in [0.3, 0.4) is 0 Å². The molecule has 0 saturated heterocycles. The van der Waals surface area contributed by atoms with Crippen molar-refractivity contribution in [2.75, 3.05) is 0 Å². The van der Waals surface area contributed by atoms with Crippen LogP contribution in [0.25, 0.3) is 0 Å². The standard InChI is InChI=1S/C14H15BrN2S2/c15-9-3-1-4-10(7-9)18-8-13-17-14-11(16)5-2-6-12(14)19-13/h1,3-4,7,11H,2,5-6,8,16H2. The van der Waals surface area contributed by atoms with E-state index in [4.69, 9.17) is 10.7 Å². The smallest absolute Gasteiger partial charge is 0.103 e. The van der Waals surface area contributed by atoms with E-state index in [0.29, 0.717) is 0 Å². The molecule has 0 radical (unpaired) electrons. The molecule has 2 nitrogen and oxygen atoms in total. The van der Waals surface area contributed by atoms with Gasteiger partial charge in [-0.15, -0.1) is 23.1 Å². The molecule has 2 N–H and O–H groups in total. The average molecular weight is 355 g/mol. The number of fused-ring (bicyclic) bond motifs is 1. The Labute approximate surface area is 129 Å². The third-order valence-electron chi connectivity index (χ3n) is 3.20. The van der Waals surface area contributed by atoms with Crippen molar-refractivity contribution < 1.29 is 0 Å². The topological polar surface area (TPSA) is 38.9 Å². The quantitative estimate of drug-likeness (QED) is 0.822. The summed E-state index contributed by atoms with van der Waals surface area (Å²) in [5, 5.41) is 1.20. The fourth-order valence-corrected chi connectivity index (χ4v) is 4.95. The van der Waals surface area contributed by atoms with Crippen molar-refractivity contribution in [3.8, 4) is 0 Å². The van der Waals surface area contributed by atoms with E-state index in [9.17, 15) is 0 Å². The van der Waals surface area contributed by atoms with E-state index >= 15 is 0 Å². The highest BCUT2D eigenvalue weighted by Crippen LogP contribution is 2.34. The molecule has 5 heteroatoms. The van der Waals surface area contributed by atoms with E-state index in [0.717, 1.165) is 28.8 Å². The minimum Gasteiger partial charge on any atom is -0.323 e. The maximum absolute atomic E-state index is 6.12. The molecule has 1 aromatic heterocycles. The van der Waals surface area contributed by atoms with Gasteiger partial charge in [-0.05, 0) is 37.5 Å². The zero-order valence-corrected chi connectivity index (χ0v) is 13.7. The Morgan fingerprint density at radius 2 is 2.37 bits per heavy atom. The van der Waals surface area contributed by atoms with E-state index in [2.05, 4.69) is 34.1 Å². The summed E-state index contributed by atoms with van der Waals surface area (Å²) in [4.78, 5) is 7.41. The summed E-state index contributed by atoms with van der Waals surface area (Å²) in [5.41, 5.74) is 7.27. The minimum absolute atomic E-state index is 0.157. The van der Waals surface area contributed by atoms with E-state index < -0.39 is 0 Å². The number of nitrogens with zero attached hydrogens (tertiary/aromatic N) is 1. The second-order valence-electron chi connectivity index (χ2n) is 4.66. The summed E-state index contributed by atoms with van der Waals surface area (Å²) in [7, 11) is 0. The number of halogens is 1. The van der Waals surface area contributed by atoms with Crippen LogP contribution in [0.5, 0.6) is 0 Å². The minimum atomic E-state index is 0.157. The van der Waals surface area contributed by atoms with Crippen LogP contribution in [0.2, 0.25) is 0 Å². The number of thiazole rings is 1. The van der Waals surface area contributed by atoms with Crippen LogP contribution in [0.1, 0.15) is 34.5 Å². The third kappa shape index (κ3) is 3.21. The first-order chi connectivity index (χ1) is 9.22. The van der Waals surface area contributed by atoms with Crippen molar-refractivity contribution in [2.45, 2.75) is 36.0 Å². The molecule has 1 aromatic carbocycles. The largest absolute Gasteiger partial charge is 0.323 e. The monoisotopic (exact) mass is 354 g/mol. The molecule has 1 aliphatic rings. The number of rotatable bonds is 3. The van der Waals surface area contributed by atoms with Gasteiger partial charge in [0, 0.05) is 20.3 Å². The van der Waals surface area contributed by atoms with E-state index in [-0.39, 0.29) is 6.04 Å². The number of nitrogens with two attached hydrogens (primary N) is 1. The van der Waals surface area contributed by atoms with Gasteiger partial charge in [0.05, 0.1) is 11.4 Å². The van der Waals surface area contributed by atoms with Gasteiger partial charge >= 0.3 is 0 Å². The van der Waals surface area contributed by atoms with Crippen molar-refractivity contribution >= 4 is 39.0 Å². The number of aromatic nitrogens is 1. The predicted octanol–water partition coefficient (Wildman–Crippen LogP) is 4.53. The fraction of sp³-hybridized carbons (Fsp3) is 0.357. The molecule has 19 heavy (non-hydrogen) atoms. The molecule has 1 aliphatic carbocycles. The van der Waals surface area contributed by atoms with Crippen LogP contribution in [0, 0.1) is 0 Å². The number of benzene rings is 1. The summed E-state index contributed by atoms with van der Waals surface area (Å²) in [6, 6.07) is 8.54. The van der Waals surface area contributed by atoms with Gasteiger partial charge in [-0.2, -0.15) is 0 Å². The number of aryl methyl sites for hydroxylation is 1. The highest BCUT2D eigenvalue weighted by molar-refractivity contribution is 9.10. The molecule has 0 bridgehead atoms. The zero-order valence-electron chi connectivity index (χ0n) is 10.4.